The molecule has 0 saturated carbocycles. The van der Waals surface area contributed by atoms with Crippen LogP contribution in [-0.2, 0) is 15.6 Å². The lowest BCUT2D eigenvalue weighted by atomic mass is 10.1. The molecule has 0 atom stereocenters. The Morgan fingerprint density at radius 2 is 2.05 bits per heavy atom. The van der Waals surface area contributed by atoms with Gasteiger partial charge in [0.25, 0.3) is 0 Å². The van der Waals surface area contributed by atoms with Crippen LogP contribution in [0.5, 0.6) is 0 Å². The summed E-state index contributed by atoms with van der Waals surface area (Å²) in [6.07, 6.45) is 0. The number of thiophene rings is 1. The summed E-state index contributed by atoms with van der Waals surface area (Å²) in [6, 6.07) is 6.75. The zero-order chi connectivity index (χ0) is 14.2. The molecule has 2 aromatic rings. The van der Waals surface area contributed by atoms with Crippen molar-refractivity contribution in [3.8, 4) is 0 Å². The van der Waals surface area contributed by atoms with Gasteiger partial charge in [-0.15, -0.1) is 11.3 Å². The van der Waals surface area contributed by atoms with Crippen LogP contribution in [0.2, 0.25) is 0 Å². The molecule has 4 nitrogen and oxygen atoms in total. The number of aromatic carboxylic acids is 1. The summed E-state index contributed by atoms with van der Waals surface area (Å²) in [4.78, 5) is 11.8. The van der Waals surface area contributed by atoms with Gasteiger partial charge < -0.3 is 5.11 Å². The van der Waals surface area contributed by atoms with Crippen molar-refractivity contribution in [3.63, 3.8) is 0 Å². The molecule has 0 aliphatic rings. The quantitative estimate of drug-likeness (QED) is 0.942. The molecular formula is C13H14O4S2. The second-order valence-electron chi connectivity index (χ2n) is 4.60. The predicted octanol–water partition coefficient (Wildman–Crippen LogP) is 2.92. The van der Waals surface area contributed by atoms with Crippen LogP contribution in [0.25, 0.3) is 10.1 Å². The molecule has 6 heteroatoms. The maximum absolute atomic E-state index is 11.9. The zero-order valence-electron chi connectivity index (χ0n) is 10.6. The van der Waals surface area contributed by atoms with E-state index < -0.39 is 21.1 Å². The van der Waals surface area contributed by atoms with E-state index in [0.717, 1.165) is 5.39 Å². The topological polar surface area (TPSA) is 71.4 Å². The van der Waals surface area contributed by atoms with Gasteiger partial charge in [0.05, 0.1) is 16.6 Å². The minimum absolute atomic E-state index is 0.0386. The van der Waals surface area contributed by atoms with E-state index in [4.69, 9.17) is 5.11 Å². The van der Waals surface area contributed by atoms with Gasteiger partial charge in [0.2, 0.25) is 0 Å². The Bertz CT molecular complexity index is 726. The molecule has 1 N–H and O–H groups in total. The highest BCUT2D eigenvalue weighted by atomic mass is 32.2. The van der Waals surface area contributed by atoms with Crippen molar-refractivity contribution < 1.29 is 18.3 Å². The molecule has 102 valence electrons. The Morgan fingerprint density at radius 1 is 1.37 bits per heavy atom. The fourth-order valence-corrected chi connectivity index (χ4v) is 4.22. The minimum atomic E-state index is -3.17. The Balaban J connectivity index is 2.49. The van der Waals surface area contributed by atoms with E-state index in [1.165, 1.54) is 17.4 Å². The van der Waals surface area contributed by atoms with Crippen LogP contribution in [0.3, 0.4) is 0 Å². The van der Waals surface area contributed by atoms with Crippen molar-refractivity contribution in [2.45, 2.75) is 24.9 Å². The summed E-state index contributed by atoms with van der Waals surface area (Å²) in [6.45, 7) is 3.29. The fourth-order valence-electron chi connectivity index (χ4n) is 1.72. The average molecular weight is 298 g/mol. The number of benzene rings is 1. The number of carboxylic acids is 1. The number of hydrogen-bond donors (Lipinski definition) is 1. The maximum Gasteiger partial charge on any atom is 0.337 e. The normalized spacial score (nSPS) is 12.2. The monoisotopic (exact) mass is 298 g/mol. The molecule has 1 aromatic heterocycles. The maximum atomic E-state index is 11.9. The van der Waals surface area contributed by atoms with Crippen molar-refractivity contribution in [1.82, 2.24) is 0 Å². The minimum Gasteiger partial charge on any atom is -0.478 e. The molecule has 0 saturated heterocycles. The number of fused-ring (bicyclic) bond motifs is 1. The lowest BCUT2D eigenvalue weighted by Gasteiger charge is -2.04. The molecule has 1 aromatic carbocycles. The van der Waals surface area contributed by atoms with Gasteiger partial charge in [0.1, 0.15) is 0 Å². The van der Waals surface area contributed by atoms with Crippen molar-refractivity contribution in [2.75, 3.05) is 0 Å². The van der Waals surface area contributed by atoms with Crippen LogP contribution in [0.15, 0.2) is 24.3 Å². The van der Waals surface area contributed by atoms with Gasteiger partial charge in [0.15, 0.2) is 9.84 Å². The number of carboxylic acid groups (broad SMARTS) is 1. The van der Waals surface area contributed by atoms with Gasteiger partial charge >= 0.3 is 5.97 Å². The van der Waals surface area contributed by atoms with E-state index in [0.29, 0.717) is 9.58 Å². The van der Waals surface area contributed by atoms with Gasteiger partial charge in [-0.1, -0.05) is 12.1 Å². The standard InChI is InChI=1S/C13H14O4S2/c1-8(2)19(16,17)7-10-6-9-4-3-5-11(13(14)15)12(9)18-10/h3-6,8H,7H2,1-2H3,(H,14,15). The average Bonchev–Trinajstić information content (AvgIpc) is 2.69. The molecule has 0 radical (unpaired) electrons. The predicted molar refractivity (Wildman–Crippen MR) is 76.5 cm³/mol. The summed E-state index contributed by atoms with van der Waals surface area (Å²) in [5, 5.41) is 9.44. The molecular weight excluding hydrogens is 284 g/mol. The smallest absolute Gasteiger partial charge is 0.337 e. The molecule has 0 amide bonds. The number of sulfone groups is 1. The van der Waals surface area contributed by atoms with Crippen LogP contribution in [0, 0.1) is 0 Å². The lowest BCUT2D eigenvalue weighted by Crippen LogP contribution is -2.15. The van der Waals surface area contributed by atoms with Gasteiger partial charge in [-0.25, -0.2) is 13.2 Å². The fraction of sp³-hybridized carbons (Fsp3) is 0.308. The van der Waals surface area contributed by atoms with Crippen molar-refractivity contribution in [2.24, 2.45) is 0 Å². The van der Waals surface area contributed by atoms with E-state index in [-0.39, 0.29) is 11.3 Å². The van der Waals surface area contributed by atoms with Gasteiger partial charge in [-0.2, -0.15) is 0 Å². The third-order valence-electron chi connectivity index (χ3n) is 2.89. The third kappa shape index (κ3) is 2.79. The highest BCUT2D eigenvalue weighted by Crippen LogP contribution is 2.30. The van der Waals surface area contributed by atoms with Crippen LogP contribution in [0.4, 0.5) is 0 Å². The van der Waals surface area contributed by atoms with Crippen molar-refractivity contribution in [1.29, 1.82) is 0 Å². The Kier molecular flexibility index (Phi) is 3.64. The molecule has 19 heavy (non-hydrogen) atoms. The van der Waals surface area contributed by atoms with E-state index in [1.807, 2.05) is 0 Å². The van der Waals surface area contributed by atoms with Gasteiger partial charge in [-0.05, 0) is 31.4 Å². The Labute approximate surface area is 115 Å². The summed E-state index contributed by atoms with van der Waals surface area (Å²) in [5.74, 6) is -1.03. The molecule has 0 aliphatic carbocycles. The van der Waals surface area contributed by atoms with Crippen LogP contribution >= 0.6 is 11.3 Å². The van der Waals surface area contributed by atoms with Gasteiger partial charge in [0, 0.05) is 9.58 Å². The highest BCUT2D eigenvalue weighted by Gasteiger charge is 2.19. The first-order chi connectivity index (χ1) is 8.81. The molecule has 0 spiro atoms. The number of hydrogen-bond acceptors (Lipinski definition) is 4. The largest absolute Gasteiger partial charge is 0.478 e. The first kappa shape index (κ1) is 14.0. The number of carbonyl (C=O) groups is 1. The van der Waals surface area contributed by atoms with Crippen LogP contribution in [0.1, 0.15) is 29.1 Å². The van der Waals surface area contributed by atoms with Crippen molar-refractivity contribution >= 4 is 37.2 Å². The van der Waals surface area contributed by atoms with E-state index in [9.17, 15) is 13.2 Å². The first-order valence-corrected chi connectivity index (χ1v) is 8.31. The third-order valence-corrected chi connectivity index (χ3v) is 6.40. The summed E-state index contributed by atoms with van der Waals surface area (Å²) in [5.41, 5.74) is 0.218. The SMILES string of the molecule is CC(C)S(=O)(=O)Cc1cc2cccc(C(=O)O)c2s1. The summed E-state index contributed by atoms with van der Waals surface area (Å²) >= 11 is 1.24. The second kappa shape index (κ2) is 4.94. The molecule has 2 rings (SSSR count). The number of rotatable bonds is 4. The summed E-state index contributed by atoms with van der Waals surface area (Å²) < 4.78 is 24.4. The van der Waals surface area contributed by atoms with E-state index in [1.54, 1.807) is 32.0 Å². The summed E-state index contributed by atoms with van der Waals surface area (Å²) in [7, 11) is -3.17. The lowest BCUT2D eigenvalue weighted by molar-refractivity contribution is 0.0699. The molecule has 0 aliphatic heterocycles. The Morgan fingerprint density at radius 3 is 2.63 bits per heavy atom. The van der Waals surface area contributed by atoms with Crippen LogP contribution in [-0.4, -0.2) is 24.7 Å². The zero-order valence-corrected chi connectivity index (χ0v) is 12.2. The van der Waals surface area contributed by atoms with E-state index in [2.05, 4.69) is 0 Å². The first-order valence-electron chi connectivity index (χ1n) is 5.77. The highest BCUT2D eigenvalue weighted by molar-refractivity contribution is 7.91. The molecule has 0 fully saturated rings. The molecule has 0 unspecified atom stereocenters. The molecule has 0 bridgehead atoms. The Hall–Kier alpha value is -1.40. The molecule has 1 heterocycles. The second-order valence-corrected chi connectivity index (χ2v) is 8.29. The van der Waals surface area contributed by atoms with Crippen LogP contribution < -0.4 is 0 Å². The van der Waals surface area contributed by atoms with Gasteiger partial charge in [-0.3, -0.25) is 0 Å². The van der Waals surface area contributed by atoms with Crippen molar-refractivity contribution in [3.05, 3.63) is 34.7 Å². The van der Waals surface area contributed by atoms with E-state index >= 15 is 0 Å².